The number of nitrogens with one attached hydrogen (secondary N) is 1. The summed E-state index contributed by atoms with van der Waals surface area (Å²) in [6.45, 7) is 4.68. The van der Waals surface area contributed by atoms with E-state index in [1.165, 1.54) is 0 Å². The van der Waals surface area contributed by atoms with Crippen LogP contribution in [-0.4, -0.2) is 22.5 Å². The highest BCUT2D eigenvalue weighted by atomic mass is 32.1. The van der Waals surface area contributed by atoms with Crippen molar-refractivity contribution >= 4 is 39.1 Å². The first-order valence-electron chi connectivity index (χ1n) is 8.53. The topological polar surface area (TPSA) is 64.0 Å². The van der Waals surface area contributed by atoms with Crippen molar-refractivity contribution < 1.29 is 4.79 Å². The first-order chi connectivity index (χ1) is 12.5. The van der Waals surface area contributed by atoms with Crippen molar-refractivity contribution in [1.82, 2.24) is 14.9 Å². The van der Waals surface area contributed by atoms with Gasteiger partial charge in [0.15, 0.2) is 0 Å². The molecule has 5 nitrogen and oxygen atoms in total. The van der Waals surface area contributed by atoms with Crippen molar-refractivity contribution in [3.05, 3.63) is 62.0 Å². The SMILES string of the molecule is CNC(=O)c1ccc(/C=C2\CCn3c2nc2sc(C)c(C)c2c3=O)cc1. The number of aromatic nitrogens is 2. The van der Waals surface area contributed by atoms with Crippen LogP contribution in [0, 0.1) is 13.8 Å². The number of thiophene rings is 1. The minimum atomic E-state index is -0.102. The van der Waals surface area contributed by atoms with Crippen molar-refractivity contribution in [2.45, 2.75) is 26.8 Å². The quantitative estimate of drug-likeness (QED) is 0.757. The van der Waals surface area contributed by atoms with Gasteiger partial charge in [0, 0.05) is 24.0 Å². The lowest BCUT2D eigenvalue weighted by atomic mass is 10.1. The monoisotopic (exact) mass is 365 g/mol. The molecule has 132 valence electrons. The zero-order chi connectivity index (χ0) is 18.4. The lowest BCUT2D eigenvalue weighted by Gasteiger charge is -2.04. The highest BCUT2D eigenvalue weighted by Crippen LogP contribution is 2.31. The van der Waals surface area contributed by atoms with Crippen molar-refractivity contribution in [3.63, 3.8) is 0 Å². The molecule has 1 aliphatic rings. The molecule has 1 N–H and O–H groups in total. The van der Waals surface area contributed by atoms with Gasteiger partial charge in [0.1, 0.15) is 10.7 Å². The summed E-state index contributed by atoms with van der Waals surface area (Å²) in [6.07, 6.45) is 2.84. The molecule has 4 rings (SSSR count). The zero-order valence-corrected chi connectivity index (χ0v) is 15.7. The summed E-state index contributed by atoms with van der Waals surface area (Å²) in [5, 5.41) is 3.37. The van der Waals surface area contributed by atoms with Gasteiger partial charge in [0.25, 0.3) is 11.5 Å². The average Bonchev–Trinajstić information content (AvgIpc) is 3.17. The lowest BCUT2D eigenvalue weighted by molar-refractivity contribution is 0.0963. The summed E-state index contributed by atoms with van der Waals surface area (Å²) < 4.78 is 1.78. The Labute approximate surface area is 155 Å². The number of carbonyl (C=O) groups is 1. The average molecular weight is 365 g/mol. The molecule has 26 heavy (non-hydrogen) atoms. The molecular formula is C20H19N3O2S. The van der Waals surface area contributed by atoms with E-state index in [9.17, 15) is 9.59 Å². The first kappa shape index (κ1) is 16.7. The molecule has 0 aliphatic carbocycles. The Morgan fingerprint density at radius 3 is 2.69 bits per heavy atom. The third-order valence-electron chi connectivity index (χ3n) is 4.92. The highest BCUT2D eigenvalue weighted by Gasteiger charge is 2.23. The molecule has 0 saturated carbocycles. The Morgan fingerprint density at radius 1 is 1.27 bits per heavy atom. The van der Waals surface area contributed by atoms with Crippen LogP contribution in [0.15, 0.2) is 29.1 Å². The van der Waals surface area contributed by atoms with Gasteiger partial charge in [-0.3, -0.25) is 14.2 Å². The van der Waals surface area contributed by atoms with Gasteiger partial charge in [0.05, 0.1) is 5.39 Å². The molecule has 3 aromatic rings. The van der Waals surface area contributed by atoms with Crippen LogP contribution in [0.1, 0.15) is 38.6 Å². The van der Waals surface area contributed by atoms with E-state index in [0.717, 1.165) is 44.0 Å². The normalized spacial score (nSPS) is 14.8. The second kappa shape index (κ2) is 6.21. The second-order valence-electron chi connectivity index (χ2n) is 6.48. The molecule has 1 aliphatic heterocycles. The number of benzene rings is 1. The maximum absolute atomic E-state index is 12.9. The molecule has 0 fully saturated rings. The zero-order valence-electron chi connectivity index (χ0n) is 14.9. The Hall–Kier alpha value is -2.73. The van der Waals surface area contributed by atoms with Gasteiger partial charge < -0.3 is 5.32 Å². The third-order valence-corrected chi connectivity index (χ3v) is 6.02. The number of fused-ring (bicyclic) bond motifs is 2. The van der Waals surface area contributed by atoms with Crippen molar-refractivity contribution in [3.8, 4) is 0 Å². The summed E-state index contributed by atoms with van der Waals surface area (Å²) in [6, 6.07) is 7.43. The molecule has 1 amide bonds. The Morgan fingerprint density at radius 2 is 2.00 bits per heavy atom. The van der Waals surface area contributed by atoms with Gasteiger partial charge in [-0.2, -0.15) is 0 Å². The predicted octanol–water partition coefficient (Wildman–Crippen LogP) is 3.38. The van der Waals surface area contributed by atoms with Crippen LogP contribution in [0.3, 0.4) is 0 Å². The molecule has 3 heterocycles. The van der Waals surface area contributed by atoms with E-state index in [2.05, 4.69) is 11.4 Å². The number of carbonyl (C=O) groups excluding carboxylic acids is 1. The molecule has 2 aromatic heterocycles. The van der Waals surface area contributed by atoms with Gasteiger partial charge in [-0.1, -0.05) is 12.1 Å². The van der Waals surface area contributed by atoms with Crippen LogP contribution >= 0.6 is 11.3 Å². The number of amides is 1. The highest BCUT2D eigenvalue weighted by molar-refractivity contribution is 7.18. The number of rotatable bonds is 2. The Kier molecular flexibility index (Phi) is 4.00. The molecule has 6 heteroatoms. The van der Waals surface area contributed by atoms with E-state index in [1.54, 1.807) is 35.1 Å². The number of aryl methyl sites for hydroxylation is 2. The molecule has 0 bridgehead atoms. The number of hydrogen-bond donors (Lipinski definition) is 1. The van der Waals surface area contributed by atoms with Crippen LogP contribution in [0.25, 0.3) is 21.9 Å². The summed E-state index contributed by atoms with van der Waals surface area (Å²) in [5.41, 5.74) is 3.78. The fourth-order valence-electron chi connectivity index (χ4n) is 3.34. The van der Waals surface area contributed by atoms with Crippen LogP contribution in [0.5, 0.6) is 0 Å². The van der Waals surface area contributed by atoms with Crippen molar-refractivity contribution in [1.29, 1.82) is 0 Å². The Balaban J connectivity index is 1.78. The van der Waals surface area contributed by atoms with E-state index in [1.807, 2.05) is 26.0 Å². The third kappa shape index (κ3) is 2.57. The van der Waals surface area contributed by atoms with Gasteiger partial charge in [-0.25, -0.2) is 4.98 Å². The van der Waals surface area contributed by atoms with Crippen molar-refractivity contribution in [2.24, 2.45) is 0 Å². The van der Waals surface area contributed by atoms with Crippen LogP contribution < -0.4 is 10.9 Å². The molecule has 1 aromatic carbocycles. The van der Waals surface area contributed by atoms with E-state index >= 15 is 0 Å². The summed E-state index contributed by atoms with van der Waals surface area (Å²) in [5.74, 6) is 0.661. The van der Waals surface area contributed by atoms with E-state index in [0.29, 0.717) is 12.1 Å². The fraction of sp³-hybridized carbons (Fsp3) is 0.250. The molecule has 0 spiro atoms. The second-order valence-corrected chi connectivity index (χ2v) is 7.68. The predicted molar refractivity (Wildman–Crippen MR) is 106 cm³/mol. The van der Waals surface area contributed by atoms with E-state index in [4.69, 9.17) is 4.98 Å². The summed E-state index contributed by atoms with van der Waals surface area (Å²) in [4.78, 5) is 31.3. The van der Waals surface area contributed by atoms with E-state index in [-0.39, 0.29) is 11.5 Å². The summed E-state index contributed by atoms with van der Waals surface area (Å²) >= 11 is 1.58. The van der Waals surface area contributed by atoms with Gasteiger partial charge in [-0.05, 0) is 55.2 Å². The maximum Gasteiger partial charge on any atom is 0.262 e. The summed E-state index contributed by atoms with van der Waals surface area (Å²) in [7, 11) is 1.62. The number of hydrogen-bond acceptors (Lipinski definition) is 4. The fourth-order valence-corrected chi connectivity index (χ4v) is 4.36. The molecule has 0 radical (unpaired) electrons. The number of allylic oxidation sites excluding steroid dienone is 1. The Bertz CT molecular complexity index is 1120. The maximum atomic E-state index is 12.9. The minimum Gasteiger partial charge on any atom is -0.355 e. The minimum absolute atomic E-state index is 0.0604. The first-order valence-corrected chi connectivity index (χ1v) is 9.35. The lowest BCUT2D eigenvalue weighted by Crippen LogP contribution is -2.20. The van der Waals surface area contributed by atoms with E-state index < -0.39 is 0 Å². The van der Waals surface area contributed by atoms with Gasteiger partial charge in [0.2, 0.25) is 0 Å². The van der Waals surface area contributed by atoms with Crippen LogP contribution in [0.4, 0.5) is 0 Å². The van der Waals surface area contributed by atoms with Crippen LogP contribution in [0.2, 0.25) is 0 Å². The van der Waals surface area contributed by atoms with Gasteiger partial charge in [-0.15, -0.1) is 11.3 Å². The van der Waals surface area contributed by atoms with Gasteiger partial charge >= 0.3 is 0 Å². The molecule has 0 atom stereocenters. The smallest absolute Gasteiger partial charge is 0.262 e. The molecular weight excluding hydrogens is 346 g/mol. The van der Waals surface area contributed by atoms with Crippen LogP contribution in [-0.2, 0) is 6.54 Å². The largest absolute Gasteiger partial charge is 0.355 e. The molecule has 0 unspecified atom stereocenters. The molecule has 0 saturated heterocycles. The van der Waals surface area contributed by atoms with Crippen molar-refractivity contribution in [2.75, 3.05) is 7.05 Å². The standard InChI is InChI=1S/C20H19N3O2S/c1-11-12(2)26-19-16(11)20(25)23-9-8-15(17(23)22-19)10-13-4-6-14(7-5-13)18(24)21-3/h4-7,10H,8-9H2,1-3H3,(H,21,24)/b15-10+. The number of nitrogens with zero attached hydrogens (tertiary/aromatic N) is 2.